The molecule has 0 bridgehead atoms. The van der Waals surface area contributed by atoms with E-state index in [1.165, 1.54) is 0 Å². The first-order valence-electron chi connectivity index (χ1n) is 6.90. The summed E-state index contributed by atoms with van der Waals surface area (Å²) in [5.74, 6) is 0.895. The summed E-state index contributed by atoms with van der Waals surface area (Å²) >= 11 is 0. The van der Waals surface area contributed by atoms with E-state index in [0.717, 1.165) is 36.4 Å². The zero-order valence-corrected chi connectivity index (χ0v) is 11.8. The summed E-state index contributed by atoms with van der Waals surface area (Å²) in [6.45, 7) is 7.16. The van der Waals surface area contributed by atoms with Crippen LogP contribution in [-0.4, -0.2) is 30.2 Å². The van der Waals surface area contributed by atoms with Crippen LogP contribution in [0.1, 0.15) is 19.4 Å². The molecule has 2 aromatic rings. The SMILES string of the molecule is CC1(C)CNCCN1c1cc(C#N)c2ccccc2n1. The number of aromatic nitrogens is 1. The second-order valence-electron chi connectivity index (χ2n) is 5.80. The number of anilines is 1. The summed E-state index contributed by atoms with van der Waals surface area (Å²) in [6, 6.07) is 12.0. The Labute approximate surface area is 119 Å². The maximum absolute atomic E-state index is 9.38. The highest BCUT2D eigenvalue weighted by Crippen LogP contribution is 2.27. The first kappa shape index (κ1) is 12.9. The highest BCUT2D eigenvalue weighted by Gasteiger charge is 2.30. The van der Waals surface area contributed by atoms with Crippen LogP contribution in [-0.2, 0) is 0 Å². The van der Waals surface area contributed by atoms with Crippen molar-refractivity contribution in [1.82, 2.24) is 10.3 Å². The van der Waals surface area contributed by atoms with Crippen LogP contribution in [0.25, 0.3) is 10.9 Å². The quantitative estimate of drug-likeness (QED) is 0.860. The first-order valence-corrected chi connectivity index (χ1v) is 6.90. The van der Waals surface area contributed by atoms with Crippen molar-refractivity contribution in [3.63, 3.8) is 0 Å². The summed E-state index contributed by atoms with van der Waals surface area (Å²) in [4.78, 5) is 7.04. The van der Waals surface area contributed by atoms with Gasteiger partial charge in [-0.25, -0.2) is 4.98 Å². The molecule has 102 valence electrons. The lowest BCUT2D eigenvalue weighted by molar-refractivity contribution is 0.378. The number of rotatable bonds is 1. The van der Waals surface area contributed by atoms with Crippen LogP contribution in [0.15, 0.2) is 30.3 Å². The normalized spacial score (nSPS) is 17.9. The molecule has 0 unspecified atom stereocenters. The number of nitriles is 1. The van der Waals surface area contributed by atoms with Crippen molar-refractivity contribution >= 4 is 16.7 Å². The largest absolute Gasteiger partial charge is 0.349 e. The monoisotopic (exact) mass is 266 g/mol. The molecule has 1 saturated heterocycles. The molecule has 4 heteroatoms. The molecule has 0 radical (unpaired) electrons. The molecule has 0 aliphatic carbocycles. The molecule has 0 amide bonds. The van der Waals surface area contributed by atoms with Crippen LogP contribution in [0.3, 0.4) is 0 Å². The van der Waals surface area contributed by atoms with Crippen LogP contribution in [0.2, 0.25) is 0 Å². The third kappa shape index (κ3) is 2.10. The van der Waals surface area contributed by atoms with Gasteiger partial charge in [0.2, 0.25) is 0 Å². The maximum Gasteiger partial charge on any atom is 0.131 e. The van der Waals surface area contributed by atoms with Gasteiger partial charge in [0.25, 0.3) is 0 Å². The van der Waals surface area contributed by atoms with Gasteiger partial charge in [0.15, 0.2) is 0 Å². The zero-order chi connectivity index (χ0) is 14.2. The Morgan fingerprint density at radius 3 is 2.90 bits per heavy atom. The van der Waals surface area contributed by atoms with Gasteiger partial charge in [0, 0.05) is 30.6 Å². The van der Waals surface area contributed by atoms with Gasteiger partial charge in [-0.05, 0) is 26.0 Å². The third-order valence-corrected chi connectivity index (χ3v) is 3.90. The van der Waals surface area contributed by atoms with Crippen LogP contribution in [0.5, 0.6) is 0 Å². The van der Waals surface area contributed by atoms with Gasteiger partial charge in [0.05, 0.1) is 17.1 Å². The number of hydrogen-bond acceptors (Lipinski definition) is 4. The Hall–Kier alpha value is -2.12. The number of fused-ring (bicyclic) bond motifs is 1. The van der Waals surface area contributed by atoms with Crippen molar-refractivity contribution in [2.75, 3.05) is 24.5 Å². The van der Waals surface area contributed by atoms with E-state index in [4.69, 9.17) is 4.98 Å². The molecule has 1 aliphatic rings. The number of hydrogen-bond donors (Lipinski definition) is 1. The van der Waals surface area contributed by atoms with Crippen molar-refractivity contribution < 1.29 is 0 Å². The van der Waals surface area contributed by atoms with Crippen molar-refractivity contribution in [3.05, 3.63) is 35.9 Å². The van der Waals surface area contributed by atoms with E-state index in [2.05, 4.69) is 30.1 Å². The van der Waals surface area contributed by atoms with E-state index in [1.54, 1.807) is 0 Å². The van der Waals surface area contributed by atoms with Crippen LogP contribution >= 0.6 is 0 Å². The lowest BCUT2D eigenvalue weighted by Gasteiger charge is -2.43. The van der Waals surface area contributed by atoms with Crippen molar-refractivity contribution in [2.24, 2.45) is 0 Å². The summed E-state index contributed by atoms with van der Waals surface area (Å²) in [5, 5.41) is 13.7. The predicted molar refractivity (Wildman–Crippen MR) is 80.8 cm³/mol. The molecular formula is C16H18N4. The molecule has 0 saturated carbocycles. The minimum Gasteiger partial charge on any atom is -0.349 e. The summed E-state index contributed by atoms with van der Waals surface area (Å²) in [7, 11) is 0. The fraction of sp³-hybridized carbons (Fsp3) is 0.375. The predicted octanol–water partition coefficient (Wildman–Crippen LogP) is 2.29. The molecule has 1 aromatic carbocycles. The molecule has 2 heterocycles. The fourth-order valence-corrected chi connectivity index (χ4v) is 2.80. The molecule has 4 nitrogen and oxygen atoms in total. The van der Waals surface area contributed by atoms with Gasteiger partial charge < -0.3 is 10.2 Å². The average molecular weight is 266 g/mol. The Bertz CT molecular complexity index is 684. The summed E-state index contributed by atoms with van der Waals surface area (Å²) < 4.78 is 0. The number of piperazine rings is 1. The molecule has 1 aliphatic heterocycles. The van der Waals surface area contributed by atoms with Crippen molar-refractivity contribution in [2.45, 2.75) is 19.4 Å². The molecule has 1 aromatic heterocycles. The standard InChI is InChI=1S/C16H18N4/c1-16(2)11-18-7-8-20(16)15-9-12(10-17)13-5-3-4-6-14(13)19-15/h3-6,9,18H,7-8,11H2,1-2H3. The lowest BCUT2D eigenvalue weighted by atomic mass is 9.99. The summed E-state index contributed by atoms with van der Waals surface area (Å²) in [5.41, 5.74) is 1.58. The van der Waals surface area contributed by atoms with Gasteiger partial charge in [-0.1, -0.05) is 18.2 Å². The van der Waals surface area contributed by atoms with E-state index in [-0.39, 0.29) is 5.54 Å². The molecule has 3 rings (SSSR count). The lowest BCUT2D eigenvalue weighted by Crippen LogP contribution is -2.58. The van der Waals surface area contributed by atoms with Crippen LogP contribution in [0.4, 0.5) is 5.82 Å². The highest BCUT2D eigenvalue weighted by molar-refractivity contribution is 5.86. The molecule has 20 heavy (non-hydrogen) atoms. The van der Waals surface area contributed by atoms with E-state index in [9.17, 15) is 5.26 Å². The van der Waals surface area contributed by atoms with Gasteiger partial charge in [-0.15, -0.1) is 0 Å². The minimum atomic E-state index is 0.000429. The van der Waals surface area contributed by atoms with E-state index in [1.807, 2.05) is 30.3 Å². The number of benzene rings is 1. The van der Waals surface area contributed by atoms with Crippen molar-refractivity contribution in [1.29, 1.82) is 5.26 Å². The second kappa shape index (κ2) is 4.77. The number of para-hydroxylation sites is 1. The fourth-order valence-electron chi connectivity index (χ4n) is 2.80. The van der Waals surface area contributed by atoms with Crippen LogP contribution in [0, 0.1) is 11.3 Å². The van der Waals surface area contributed by atoms with E-state index in [0.29, 0.717) is 5.56 Å². The zero-order valence-electron chi connectivity index (χ0n) is 11.8. The molecule has 1 fully saturated rings. The van der Waals surface area contributed by atoms with Gasteiger partial charge in [-0.2, -0.15) is 5.26 Å². The molecule has 0 atom stereocenters. The second-order valence-corrected chi connectivity index (χ2v) is 5.80. The Morgan fingerprint density at radius 1 is 1.35 bits per heavy atom. The minimum absolute atomic E-state index is 0.000429. The van der Waals surface area contributed by atoms with Gasteiger partial charge >= 0.3 is 0 Å². The molecule has 0 spiro atoms. The Kier molecular flexibility index (Phi) is 3.07. The topological polar surface area (TPSA) is 52.0 Å². The van der Waals surface area contributed by atoms with Crippen molar-refractivity contribution in [3.8, 4) is 6.07 Å². The average Bonchev–Trinajstić information content (AvgIpc) is 2.45. The molecule has 1 N–H and O–H groups in total. The molecular weight excluding hydrogens is 248 g/mol. The first-order chi connectivity index (χ1) is 9.62. The van der Waals surface area contributed by atoms with Gasteiger partial charge in [-0.3, -0.25) is 0 Å². The number of pyridine rings is 1. The number of nitrogens with one attached hydrogen (secondary N) is 1. The van der Waals surface area contributed by atoms with Gasteiger partial charge in [0.1, 0.15) is 5.82 Å². The van der Waals surface area contributed by atoms with E-state index < -0.39 is 0 Å². The number of nitrogens with zero attached hydrogens (tertiary/aromatic N) is 3. The summed E-state index contributed by atoms with van der Waals surface area (Å²) in [6.07, 6.45) is 0. The smallest absolute Gasteiger partial charge is 0.131 e. The third-order valence-electron chi connectivity index (χ3n) is 3.90. The maximum atomic E-state index is 9.38. The Balaban J connectivity index is 2.15. The highest BCUT2D eigenvalue weighted by atomic mass is 15.3. The Morgan fingerprint density at radius 2 is 2.15 bits per heavy atom. The van der Waals surface area contributed by atoms with E-state index >= 15 is 0 Å². The van der Waals surface area contributed by atoms with Crippen LogP contribution < -0.4 is 10.2 Å².